The van der Waals surface area contributed by atoms with Crippen molar-refractivity contribution >= 4 is 50.8 Å². The van der Waals surface area contributed by atoms with E-state index in [0.29, 0.717) is 16.4 Å². The van der Waals surface area contributed by atoms with Gasteiger partial charge in [-0.2, -0.15) is 0 Å². The van der Waals surface area contributed by atoms with Gasteiger partial charge in [-0.25, -0.2) is 4.79 Å². The summed E-state index contributed by atoms with van der Waals surface area (Å²) in [6.45, 7) is 1.75. The van der Waals surface area contributed by atoms with Crippen LogP contribution in [0.5, 0.6) is 0 Å². The maximum atomic E-state index is 11.9. The van der Waals surface area contributed by atoms with E-state index in [0.717, 1.165) is 10.0 Å². The van der Waals surface area contributed by atoms with Crippen molar-refractivity contribution in [2.24, 2.45) is 0 Å². The van der Waals surface area contributed by atoms with Gasteiger partial charge >= 0.3 is 6.03 Å². The number of hydrogen-bond acceptors (Lipinski definition) is 2. The molecule has 0 radical (unpaired) electrons. The lowest BCUT2D eigenvalue weighted by Gasteiger charge is -2.10. The van der Waals surface area contributed by atoms with Crippen molar-refractivity contribution in [2.45, 2.75) is 6.92 Å². The van der Waals surface area contributed by atoms with Crippen LogP contribution in [0, 0.1) is 6.92 Å². The van der Waals surface area contributed by atoms with Crippen LogP contribution >= 0.6 is 27.5 Å². The first-order valence-electron chi connectivity index (χ1n) is 6.80. The number of amides is 3. The number of hydrogen-bond donors (Lipinski definition) is 3. The second-order valence-corrected chi connectivity index (χ2v) is 6.18. The zero-order valence-corrected chi connectivity index (χ0v) is 14.7. The molecule has 23 heavy (non-hydrogen) atoms. The Labute approximate surface area is 147 Å². The third kappa shape index (κ3) is 5.58. The predicted octanol–water partition coefficient (Wildman–Crippen LogP) is 4.17. The van der Waals surface area contributed by atoms with Gasteiger partial charge in [0, 0.05) is 20.9 Å². The topological polar surface area (TPSA) is 70.2 Å². The van der Waals surface area contributed by atoms with Crippen molar-refractivity contribution in [1.82, 2.24) is 5.32 Å². The van der Waals surface area contributed by atoms with Gasteiger partial charge in [0.2, 0.25) is 5.91 Å². The van der Waals surface area contributed by atoms with E-state index in [-0.39, 0.29) is 12.5 Å². The number of carbonyl (C=O) groups is 2. The Hall–Kier alpha value is -2.05. The second kappa shape index (κ2) is 7.99. The van der Waals surface area contributed by atoms with Crippen molar-refractivity contribution in [3.8, 4) is 0 Å². The van der Waals surface area contributed by atoms with E-state index in [1.807, 2.05) is 19.1 Å². The highest BCUT2D eigenvalue weighted by Crippen LogP contribution is 2.19. The van der Waals surface area contributed by atoms with Gasteiger partial charge in [0.25, 0.3) is 0 Å². The highest BCUT2D eigenvalue weighted by molar-refractivity contribution is 9.10. The van der Waals surface area contributed by atoms with Gasteiger partial charge in [-0.15, -0.1) is 0 Å². The predicted molar refractivity (Wildman–Crippen MR) is 96.0 cm³/mol. The number of urea groups is 1. The number of rotatable bonds is 4. The summed E-state index contributed by atoms with van der Waals surface area (Å²) >= 11 is 9.19. The SMILES string of the molecule is Cc1cc(Br)ccc1NC(=O)CNC(=O)Nc1cccc(Cl)c1. The summed E-state index contributed by atoms with van der Waals surface area (Å²) < 4.78 is 0.937. The molecule has 3 amide bonds. The molecule has 0 fully saturated rings. The van der Waals surface area contributed by atoms with Crippen LogP contribution in [0.4, 0.5) is 16.2 Å². The fraction of sp³-hybridized carbons (Fsp3) is 0.125. The molecule has 3 N–H and O–H groups in total. The quantitative estimate of drug-likeness (QED) is 0.726. The fourth-order valence-corrected chi connectivity index (χ4v) is 2.53. The molecule has 0 bridgehead atoms. The molecule has 0 aliphatic carbocycles. The summed E-state index contributed by atoms with van der Waals surface area (Å²) in [7, 11) is 0. The second-order valence-electron chi connectivity index (χ2n) is 4.83. The van der Waals surface area contributed by atoms with Crippen molar-refractivity contribution < 1.29 is 9.59 Å². The molecule has 0 heterocycles. The van der Waals surface area contributed by atoms with E-state index in [1.165, 1.54) is 0 Å². The van der Waals surface area contributed by atoms with E-state index in [1.54, 1.807) is 30.3 Å². The summed E-state index contributed by atoms with van der Waals surface area (Å²) in [4.78, 5) is 23.6. The summed E-state index contributed by atoms with van der Waals surface area (Å²) in [6.07, 6.45) is 0. The molecular formula is C16H15BrClN3O2. The molecule has 0 saturated carbocycles. The van der Waals surface area contributed by atoms with Gasteiger partial charge in [-0.05, 0) is 48.9 Å². The minimum Gasteiger partial charge on any atom is -0.329 e. The van der Waals surface area contributed by atoms with Crippen LogP contribution in [0.3, 0.4) is 0 Å². The Kier molecular flexibility index (Phi) is 6.01. The van der Waals surface area contributed by atoms with Gasteiger partial charge in [0.15, 0.2) is 0 Å². The molecule has 0 aromatic heterocycles. The number of anilines is 2. The Morgan fingerprint density at radius 2 is 1.91 bits per heavy atom. The van der Waals surface area contributed by atoms with Crippen LogP contribution in [0.15, 0.2) is 46.9 Å². The van der Waals surface area contributed by atoms with Crippen molar-refractivity contribution in [1.29, 1.82) is 0 Å². The Morgan fingerprint density at radius 1 is 1.13 bits per heavy atom. The highest BCUT2D eigenvalue weighted by Gasteiger charge is 2.08. The minimum atomic E-state index is -0.477. The lowest BCUT2D eigenvalue weighted by atomic mass is 10.2. The average Bonchev–Trinajstić information content (AvgIpc) is 2.48. The maximum Gasteiger partial charge on any atom is 0.319 e. The molecule has 2 aromatic rings. The zero-order chi connectivity index (χ0) is 16.8. The monoisotopic (exact) mass is 395 g/mol. The van der Waals surface area contributed by atoms with Crippen molar-refractivity contribution in [2.75, 3.05) is 17.2 Å². The maximum absolute atomic E-state index is 11.9. The van der Waals surface area contributed by atoms with Crippen LogP contribution in [0.1, 0.15) is 5.56 Å². The molecule has 120 valence electrons. The zero-order valence-electron chi connectivity index (χ0n) is 12.3. The van der Waals surface area contributed by atoms with E-state index in [9.17, 15) is 9.59 Å². The van der Waals surface area contributed by atoms with E-state index in [2.05, 4.69) is 31.9 Å². The first-order chi connectivity index (χ1) is 10.9. The molecule has 0 saturated heterocycles. The van der Waals surface area contributed by atoms with E-state index < -0.39 is 6.03 Å². The van der Waals surface area contributed by atoms with Gasteiger partial charge in [0.05, 0.1) is 6.54 Å². The lowest BCUT2D eigenvalue weighted by Crippen LogP contribution is -2.35. The van der Waals surface area contributed by atoms with Gasteiger partial charge in [0.1, 0.15) is 0 Å². The third-order valence-electron chi connectivity index (χ3n) is 2.95. The summed E-state index contributed by atoms with van der Waals surface area (Å²) in [5.74, 6) is -0.309. The molecule has 7 heteroatoms. The summed E-state index contributed by atoms with van der Waals surface area (Å²) in [5.41, 5.74) is 2.19. The Balaban J connectivity index is 1.83. The number of benzene rings is 2. The molecule has 2 rings (SSSR count). The first kappa shape index (κ1) is 17.3. The van der Waals surface area contributed by atoms with Gasteiger partial charge in [-0.3, -0.25) is 4.79 Å². The molecule has 0 aliphatic rings. The van der Waals surface area contributed by atoms with Crippen LogP contribution in [0.25, 0.3) is 0 Å². The average molecular weight is 397 g/mol. The van der Waals surface area contributed by atoms with Gasteiger partial charge < -0.3 is 16.0 Å². The smallest absolute Gasteiger partial charge is 0.319 e. The Morgan fingerprint density at radius 3 is 2.61 bits per heavy atom. The van der Waals surface area contributed by atoms with Crippen LogP contribution < -0.4 is 16.0 Å². The van der Waals surface area contributed by atoms with Crippen LogP contribution in [-0.4, -0.2) is 18.5 Å². The first-order valence-corrected chi connectivity index (χ1v) is 7.97. The van der Waals surface area contributed by atoms with E-state index >= 15 is 0 Å². The minimum absolute atomic E-state index is 0.137. The molecule has 0 atom stereocenters. The molecule has 0 spiro atoms. The van der Waals surface area contributed by atoms with Crippen LogP contribution in [-0.2, 0) is 4.79 Å². The molecule has 5 nitrogen and oxygen atoms in total. The lowest BCUT2D eigenvalue weighted by molar-refractivity contribution is -0.115. The highest BCUT2D eigenvalue weighted by atomic mass is 79.9. The standard InChI is InChI=1S/C16H15BrClN3O2/c1-10-7-11(17)5-6-14(10)21-15(22)9-19-16(23)20-13-4-2-3-12(18)8-13/h2-8H,9H2,1H3,(H,21,22)(H2,19,20,23). The third-order valence-corrected chi connectivity index (χ3v) is 3.68. The van der Waals surface area contributed by atoms with E-state index in [4.69, 9.17) is 11.6 Å². The van der Waals surface area contributed by atoms with Crippen LogP contribution in [0.2, 0.25) is 5.02 Å². The molecule has 0 unspecified atom stereocenters. The van der Waals surface area contributed by atoms with Crippen molar-refractivity contribution in [3.63, 3.8) is 0 Å². The molecular weight excluding hydrogens is 382 g/mol. The molecule has 2 aromatic carbocycles. The number of nitrogens with one attached hydrogen (secondary N) is 3. The summed E-state index contributed by atoms with van der Waals surface area (Å²) in [6, 6.07) is 11.8. The fourth-order valence-electron chi connectivity index (χ4n) is 1.86. The van der Waals surface area contributed by atoms with Gasteiger partial charge in [-0.1, -0.05) is 33.6 Å². The number of aryl methyl sites for hydroxylation is 1. The summed E-state index contributed by atoms with van der Waals surface area (Å²) in [5, 5.41) is 8.35. The Bertz CT molecular complexity index is 737. The largest absolute Gasteiger partial charge is 0.329 e. The number of halogens is 2. The normalized spacial score (nSPS) is 10.0. The number of carbonyl (C=O) groups excluding carboxylic acids is 2. The molecule has 0 aliphatic heterocycles. The van der Waals surface area contributed by atoms with Crippen molar-refractivity contribution in [3.05, 3.63) is 57.5 Å².